The Kier molecular flexibility index (Phi) is 4.78. The van der Waals surface area contributed by atoms with E-state index < -0.39 is 0 Å². The molecular formula is C23H16N4O2S. The number of para-hydroxylation sites is 1. The fourth-order valence-corrected chi connectivity index (χ4v) is 4.14. The number of amides is 1. The number of hydrogen-bond acceptors (Lipinski definition) is 6. The van der Waals surface area contributed by atoms with Crippen LogP contribution in [-0.4, -0.2) is 21.0 Å². The van der Waals surface area contributed by atoms with Crippen LogP contribution in [0, 0.1) is 0 Å². The second kappa shape index (κ2) is 7.88. The van der Waals surface area contributed by atoms with Gasteiger partial charge in [0.2, 0.25) is 11.7 Å². The molecule has 0 aliphatic carbocycles. The first-order valence-corrected chi connectivity index (χ1v) is 10.2. The zero-order valence-corrected chi connectivity index (χ0v) is 16.6. The largest absolute Gasteiger partial charge is 0.339 e. The fraction of sp³-hybridized carbons (Fsp3) is 0.0435. The van der Waals surface area contributed by atoms with E-state index in [2.05, 4.69) is 20.4 Å². The molecule has 0 radical (unpaired) electrons. The molecule has 0 bridgehead atoms. The van der Waals surface area contributed by atoms with Crippen molar-refractivity contribution in [1.29, 1.82) is 0 Å². The number of rotatable bonds is 5. The molecule has 30 heavy (non-hydrogen) atoms. The van der Waals surface area contributed by atoms with Crippen molar-refractivity contribution in [3.8, 4) is 11.4 Å². The lowest BCUT2D eigenvalue weighted by Gasteiger charge is -2.08. The minimum atomic E-state index is -0.133. The van der Waals surface area contributed by atoms with E-state index in [1.165, 1.54) is 11.3 Å². The van der Waals surface area contributed by atoms with Gasteiger partial charge >= 0.3 is 0 Å². The third-order valence-electron chi connectivity index (χ3n) is 4.66. The maximum absolute atomic E-state index is 12.8. The molecule has 3 aromatic heterocycles. The van der Waals surface area contributed by atoms with Crippen molar-refractivity contribution in [2.75, 3.05) is 5.32 Å². The average Bonchev–Trinajstić information content (AvgIpc) is 3.43. The molecule has 2 aromatic carbocycles. The van der Waals surface area contributed by atoms with Crippen molar-refractivity contribution < 1.29 is 9.32 Å². The van der Waals surface area contributed by atoms with Crippen LogP contribution in [0.2, 0.25) is 0 Å². The van der Waals surface area contributed by atoms with Gasteiger partial charge in [0, 0.05) is 28.3 Å². The van der Waals surface area contributed by atoms with Crippen molar-refractivity contribution in [2.45, 2.75) is 6.42 Å². The SMILES string of the molecule is O=C(Nc1ccccc1Cc1nc(-c2ccncc2)no1)c1cc2ccccc2s1. The number of hydrogen-bond donors (Lipinski definition) is 1. The van der Waals surface area contributed by atoms with Gasteiger partial charge in [-0.3, -0.25) is 9.78 Å². The second-order valence-corrected chi connectivity index (χ2v) is 7.77. The van der Waals surface area contributed by atoms with Crippen LogP contribution in [0.1, 0.15) is 21.1 Å². The van der Waals surface area contributed by atoms with Gasteiger partial charge < -0.3 is 9.84 Å². The number of thiophene rings is 1. The minimum absolute atomic E-state index is 0.133. The molecule has 7 heteroatoms. The molecular weight excluding hydrogens is 396 g/mol. The molecule has 0 saturated carbocycles. The number of nitrogens with one attached hydrogen (secondary N) is 1. The summed E-state index contributed by atoms with van der Waals surface area (Å²) < 4.78 is 6.50. The van der Waals surface area contributed by atoms with E-state index in [-0.39, 0.29) is 5.91 Å². The number of aromatic nitrogens is 3. The first kappa shape index (κ1) is 18.2. The average molecular weight is 412 g/mol. The summed E-state index contributed by atoms with van der Waals surface area (Å²) in [5, 5.41) is 8.13. The molecule has 0 aliphatic rings. The fourth-order valence-electron chi connectivity index (χ4n) is 3.18. The lowest BCUT2D eigenvalue weighted by molar-refractivity contribution is 0.103. The van der Waals surface area contributed by atoms with Crippen LogP contribution < -0.4 is 5.32 Å². The highest BCUT2D eigenvalue weighted by molar-refractivity contribution is 7.20. The summed E-state index contributed by atoms with van der Waals surface area (Å²) >= 11 is 1.48. The molecule has 146 valence electrons. The van der Waals surface area contributed by atoms with E-state index in [1.54, 1.807) is 12.4 Å². The summed E-state index contributed by atoms with van der Waals surface area (Å²) in [7, 11) is 0. The zero-order valence-electron chi connectivity index (χ0n) is 15.8. The summed E-state index contributed by atoms with van der Waals surface area (Å²) in [5.74, 6) is 0.858. The Morgan fingerprint density at radius 2 is 1.80 bits per heavy atom. The Morgan fingerprint density at radius 1 is 1.00 bits per heavy atom. The highest BCUT2D eigenvalue weighted by Crippen LogP contribution is 2.27. The zero-order chi connectivity index (χ0) is 20.3. The molecule has 1 amide bonds. The molecule has 5 aromatic rings. The minimum Gasteiger partial charge on any atom is -0.339 e. The number of pyridine rings is 1. The predicted octanol–water partition coefficient (Wildman–Crippen LogP) is 5.19. The monoisotopic (exact) mass is 412 g/mol. The van der Waals surface area contributed by atoms with E-state index in [0.29, 0.717) is 23.0 Å². The third kappa shape index (κ3) is 3.70. The maximum atomic E-state index is 12.8. The Labute approximate surface area is 176 Å². The molecule has 0 fully saturated rings. The molecule has 3 heterocycles. The number of fused-ring (bicyclic) bond motifs is 1. The summed E-state index contributed by atoms with van der Waals surface area (Å²) in [6.45, 7) is 0. The van der Waals surface area contributed by atoms with Gasteiger partial charge in [0.15, 0.2) is 0 Å². The topological polar surface area (TPSA) is 80.9 Å². The summed E-state index contributed by atoms with van der Waals surface area (Å²) in [4.78, 5) is 22.0. The molecule has 6 nitrogen and oxygen atoms in total. The van der Waals surface area contributed by atoms with E-state index in [0.717, 1.165) is 26.9 Å². The Bertz CT molecular complexity index is 1290. The van der Waals surface area contributed by atoms with E-state index >= 15 is 0 Å². The van der Waals surface area contributed by atoms with Gasteiger partial charge in [-0.15, -0.1) is 11.3 Å². The van der Waals surface area contributed by atoms with Crippen molar-refractivity contribution in [3.63, 3.8) is 0 Å². The Morgan fingerprint density at radius 3 is 2.67 bits per heavy atom. The molecule has 0 unspecified atom stereocenters. The van der Waals surface area contributed by atoms with Crippen LogP contribution in [0.3, 0.4) is 0 Å². The quantitative estimate of drug-likeness (QED) is 0.430. The number of carbonyl (C=O) groups excluding carboxylic acids is 1. The molecule has 0 spiro atoms. The number of nitrogens with zero attached hydrogens (tertiary/aromatic N) is 3. The van der Waals surface area contributed by atoms with Crippen LogP contribution in [0.25, 0.3) is 21.5 Å². The second-order valence-electron chi connectivity index (χ2n) is 6.68. The van der Waals surface area contributed by atoms with Crippen LogP contribution >= 0.6 is 11.3 Å². The van der Waals surface area contributed by atoms with Crippen molar-refractivity contribution >= 4 is 33.0 Å². The summed E-state index contributed by atoms with van der Waals surface area (Å²) in [6.07, 6.45) is 3.79. The van der Waals surface area contributed by atoms with E-state index in [1.807, 2.05) is 66.7 Å². The molecule has 1 N–H and O–H groups in total. The molecule has 0 atom stereocenters. The van der Waals surface area contributed by atoms with Gasteiger partial charge in [0.1, 0.15) is 0 Å². The van der Waals surface area contributed by atoms with E-state index in [4.69, 9.17) is 4.52 Å². The molecule has 0 aliphatic heterocycles. The van der Waals surface area contributed by atoms with Crippen LogP contribution in [0.5, 0.6) is 0 Å². The first-order chi connectivity index (χ1) is 14.8. The summed E-state index contributed by atoms with van der Waals surface area (Å²) in [5.41, 5.74) is 2.46. The molecule has 5 rings (SSSR count). The predicted molar refractivity (Wildman–Crippen MR) is 117 cm³/mol. The van der Waals surface area contributed by atoms with Gasteiger partial charge in [-0.2, -0.15) is 4.98 Å². The first-order valence-electron chi connectivity index (χ1n) is 9.37. The van der Waals surface area contributed by atoms with Crippen LogP contribution in [0.15, 0.2) is 83.6 Å². The lowest BCUT2D eigenvalue weighted by atomic mass is 10.1. The highest BCUT2D eigenvalue weighted by Gasteiger charge is 2.15. The van der Waals surface area contributed by atoms with Crippen LogP contribution in [-0.2, 0) is 6.42 Å². The smallest absolute Gasteiger partial charge is 0.265 e. The van der Waals surface area contributed by atoms with Crippen LogP contribution in [0.4, 0.5) is 5.69 Å². The summed E-state index contributed by atoms with van der Waals surface area (Å²) in [6, 6.07) is 21.2. The standard InChI is InChI=1S/C23H16N4O2S/c28-23(20-13-17-6-2-4-8-19(17)30-20)25-18-7-3-1-5-16(18)14-21-26-22(27-29-21)15-9-11-24-12-10-15/h1-13H,14H2,(H,25,28). The molecule has 0 saturated heterocycles. The highest BCUT2D eigenvalue weighted by atomic mass is 32.1. The Hall–Kier alpha value is -3.84. The number of carbonyl (C=O) groups is 1. The maximum Gasteiger partial charge on any atom is 0.265 e. The van der Waals surface area contributed by atoms with E-state index in [9.17, 15) is 4.79 Å². The van der Waals surface area contributed by atoms with Gasteiger partial charge in [0.25, 0.3) is 5.91 Å². The van der Waals surface area contributed by atoms with Gasteiger partial charge in [-0.1, -0.05) is 41.6 Å². The number of benzene rings is 2. The van der Waals surface area contributed by atoms with Crippen molar-refractivity contribution in [3.05, 3.63) is 95.5 Å². The normalized spacial score (nSPS) is 10.9. The lowest BCUT2D eigenvalue weighted by Crippen LogP contribution is -2.12. The van der Waals surface area contributed by atoms with Gasteiger partial charge in [-0.25, -0.2) is 0 Å². The Balaban J connectivity index is 1.37. The van der Waals surface area contributed by atoms with Crippen molar-refractivity contribution in [1.82, 2.24) is 15.1 Å². The van der Waals surface area contributed by atoms with Crippen molar-refractivity contribution in [2.24, 2.45) is 0 Å². The third-order valence-corrected chi connectivity index (χ3v) is 5.78. The number of anilines is 1. The van der Waals surface area contributed by atoms with Gasteiger partial charge in [0.05, 0.1) is 11.3 Å². The van der Waals surface area contributed by atoms with Gasteiger partial charge in [-0.05, 0) is 41.3 Å².